The highest BCUT2D eigenvalue weighted by Gasteiger charge is 2.09. The van der Waals surface area contributed by atoms with Crippen LogP contribution in [0.4, 0.5) is 0 Å². The summed E-state index contributed by atoms with van der Waals surface area (Å²) in [5, 5.41) is 0. The fourth-order valence-corrected chi connectivity index (χ4v) is 1.98. The maximum atomic E-state index is 5.98. The zero-order valence-corrected chi connectivity index (χ0v) is 11.1. The summed E-state index contributed by atoms with van der Waals surface area (Å²) in [6.45, 7) is 6.09. The Hall–Kier alpha value is -1.80. The third-order valence-electron chi connectivity index (χ3n) is 2.96. The number of hydrogen-bond acceptors (Lipinski definition) is 2. The van der Waals surface area contributed by atoms with Crippen LogP contribution in [0.5, 0.6) is 11.5 Å². The van der Waals surface area contributed by atoms with E-state index in [-0.39, 0.29) is 6.04 Å². The smallest absolute Gasteiger partial charge is 0.132 e. The van der Waals surface area contributed by atoms with Crippen LogP contribution in [0.25, 0.3) is 0 Å². The molecule has 2 N–H and O–H groups in total. The van der Waals surface area contributed by atoms with Crippen LogP contribution in [-0.2, 0) is 0 Å². The highest BCUT2D eigenvalue weighted by molar-refractivity contribution is 5.43. The highest BCUT2D eigenvalue weighted by atomic mass is 16.5. The molecule has 0 amide bonds. The molecule has 94 valence electrons. The first-order chi connectivity index (χ1) is 8.58. The molecule has 0 aromatic heterocycles. The van der Waals surface area contributed by atoms with E-state index in [1.165, 1.54) is 5.56 Å². The molecule has 0 fully saturated rings. The van der Waals surface area contributed by atoms with Crippen LogP contribution in [0.2, 0.25) is 0 Å². The minimum absolute atomic E-state index is 0.0352. The summed E-state index contributed by atoms with van der Waals surface area (Å²) in [5.74, 6) is 1.72. The molecule has 0 radical (unpaired) electrons. The zero-order valence-electron chi connectivity index (χ0n) is 11.1. The first-order valence-corrected chi connectivity index (χ1v) is 6.17. The number of aryl methyl sites for hydroxylation is 2. The second kappa shape index (κ2) is 5.23. The van der Waals surface area contributed by atoms with Crippen molar-refractivity contribution in [2.75, 3.05) is 0 Å². The Balaban J connectivity index is 2.34. The number of hydrogen-bond donors (Lipinski definition) is 1. The summed E-state index contributed by atoms with van der Waals surface area (Å²) in [5.41, 5.74) is 9.35. The third kappa shape index (κ3) is 2.71. The van der Waals surface area contributed by atoms with Gasteiger partial charge in [-0.25, -0.2) is 0 Å². The predicted octanol–water partition coefficient (Wildman–Crippen LogP) is 4.12. The van der Waals surface area contributed by atoms with Gasteiger partial charge in [0.15, 0.2) is 0 Å². The number of nitrogens with two attached hydrogens (primary N) is 1. The average molecular weight is 241 g/mol. The summed E-state index contributed by atoms with van der Waals surface area (Å²) in [6, 6.07) is 14.0. The molecule has 0 aliphatic carbocycles. The second-order valence-electron chi connectivity index (χ2n) is 4.70. The normalized spacial score (nSPS) is 12.2. The van der Waals surface area contributed by atoms with E-state index in [0.29, 0.717) is 0 Å². The van der Waals surface area contributed by atoms with Gasteiger partial charge in [0, 0.05) is 11.6 Å². The van der Waals surface area contributed by atoms with Gasteiger partial charge in [0.1, 0.15) is 11.5 Å². The molecule has 0 unspecified atom stereocenters. The molecular weight excluding hydrogens is 222 g/mol. The Bertz CT molecular complexity index is 547. The quantitative estimate of drug-likeness (QED) is 0.877. The van der Waals surface area contributed by atoms with Crippen molar-refractivity contribution < 1.29 is 4.74 Å². The van der Waals surface area contributed by atoms with Gasteiger partial charge in [-0.2, -0.15) is 0 Å². The lowest BCUT2D eigenvalue weighted by atomic mass is 10.1. The molecule has 0 heterocycles. The van der Waals surface area contributed by atoms with Gasteiger partial charge >= 0.3 is 0 Å². The van der Waals surface area contributed by atoms with E-state index < -0.39 is 0 Å². The lowest BCUT2D eigenvalue weighted by Crippen LogP contribution is -2.06. The molecule has 1 atom stereocenters. The van der Waals surface area contributed by atoms with Gasteiger partial charge in [-0.3, -0.25) is 0 Å². The van der Waals surface area contributed by atoms with E-state index in [9.17, 15) is 0 Å². The highest BCUT2D eigenvalue weighted by Crippen LogP contribution is 2.30. The third-order valence-corrected chi connectivity index (χ3v) is 2.96. The minimum Gasteiger partial charge on any atom is -0.457 e. The van der Waals surface area contributed by atoms with Crippen LogP contribution in [-0.4, -0.2) is 0 Å². The Labute approximate surface area is 108 Å². The van der Waals surface area contributed by atoms with Gasteiger partial charge in [0.2, 0.25) is 0 Å². The first kappa shape index (κ1) is 12.7. The Morgan fingerprint density at radius 1 is 1.00 bits per heavy atom. The fourth-order valence-electron chi connectivity index (χ4n) is 1.98. The van der Waals surface area contributed by atoms with Crippen molar-refractivity contribution in [3.8, 4) is 11.5 Å². The minimum atomic E-state index is -0.0352. The summed E-state index contributed by atoms with van der Waals surface area (Å²) in [6.07, 6.45) is 0. The Morgan fingerprint density at radius 3 is 2.39 bits per heavy atom. The molecule has 0 saturated heterocycles. The van der Waals surface area contributed by atoms with Gasteiger partial charge in [-0.05, 0) is 38.5 Å². The summed E-state index contributed by atoms with van der Waals surface area (Å²) >= 11 is 0. The van der Waals surface area contributed by atoms with E-state index >= 15 is 0 Å². The van der Waals surface area contributed by atoms with E-state index in [0.717, 1.165) is 22.6 Å². The van der Waals surface area contributed by atoms with E-state index in [1.54, 1.807) is 0 Å². The molecule has 2 aromatic rings. The molecular formula is C16H19NO. The molecule has 2 heteroatoms. The fraction of sp³-hybridized carbons (Fsp3) is 0.250. The van der Waals surface area contributed by atoms with E-state index in [4.69, 9.17) is 10.5 Å². The lowest BCUT2D eigenvalue weighted by molar-refractivity contribution is 0.468. The van der Waals surface area contributed by atoms with Crippen molar-refractivity contribution in [2.45, 2.75) is 26.8 Å². The van der Waals surface area contributed by atoms with Crippen LogP contribution >= 0.6 is 0 Å². The van der Waals surface area contributed by atoms with Gasteiger partial charge in [0.25, 0.3) is 0 Å². The average Bonchev–Trinajstić information content (AvgIpc) is 2.33. The largest absolute Gasteiger partial charge is 0.457 e. The number of para-hydroxylation sites is 1. The van der Waals surface area contributed by atoms with Crippen molar-refractivity contribution in [1.29, 1.82) is 0 Å². The molecule has 18 heavy (non-hydrogen) atoms. The summed E-state index contributed by atoms with van der Waals surface area (Å²) in [4.78, 5) is 0. The Kier molecular flexibility index (Phi) is 3.68. The van der Waals surface area contributed by atoms with Crippen LogP contribution in [0.1, 0.15) is 29.7 Å². The standard InChI is InChI=1S/C16H19NO/c1-11-8-9-15(12(2)10-11)18-16-7-5-4-6-14(16)13(3)17/h4-10,13H,17H2,1-3H3/t13-/m0/s1. The lowest BCUT2D eigenvalue weighted by Gasteiger charge is -2.15. The van der Waals surface area contributed by atoms with Crippen LogP contribution in [0.15, 0.2) is 42.5 Å². The molecule has 0 spiro atoms. The number of rotatable bonds is 3. The maximum Gasteiger partial charge on any atom is 0.132 e. The molecule has 0 bridgehead atoms. The van der Waals surface area contributed by atoms with Crippen LogP contribution in [0.3, 0.4) is 0 Å². The van der Waals surface area contributed by atoms with Crippen molar-refractivity contribution in [3.05, 3.63) is 59.2 Å². The summed E-state index contributed by atoms with van der Waals surface area (Å²) < 4.78 is 5.98. The monoisotopic (exact) mass is 241 g/mol. The number of ether oxygens (including phenoxy) is 1. The number of benzene rings is 2. The Morgan fingerprint density at radius 2 is 1.72 bits per heavy atom. The van der Waals surface area contributed by atoms with Crippen LogP contribution in [0, 0.1) is 13.8 Å². The molecule has 2 rings (SSSR count). The molecule has 2 nitrogen and oxygen atoms in total. The van der Waals surface area contributed by atoms with Gasteiger partial charge in [-0.15, -0.1) is 0 Å². The topological polar surface area (TPSA) is 35.2 Å². The zero-order chi connectivity index (χ0) is 13.1. The van der Waals surface area contributed by atoms with Gasteiger partial charge in [-0.1, -0.05) is 35.9 Å². The molecule has 0 aliphatic heterocycles. The van der Waals surface area contributed by atoms with Crippen molar-refractivity contribution in [3.63, 3.8) is 0 Å². The first-order valence-electron chi connectivity index (χ1n) is 6.17. The van der Waals surface area contributed by atoms with Gasteiger partial charge < -0.3 is 10.5 Å². The molecule has 2 aromatic carbocycles. The molecule has 0 saturated carbocycles. The maximum absolute atomic E-state index is 5.98. The van der Waals surface area contributed by atoms with E-state index in [1.807, 2.05) is 37.3 Å². The summed E-state index contributed by atoms with van der Waals surface area (Å²) in [7, 11) is 0. The van der Waals surface area contributed by atoms with Crippen molar-refractivity contribution >= 4 is 0 Å². The molecule has 0 aliphatic rings. The SMILES string of the molecule is Cc1ccc(Oc2ccccc2[C@H](C)N)c(C)c1. The van der Waals surface area contributed by atoms with Gasteiger partial charge in [0.05, 0.1) is 0 Å². The van der Waals surface area contributed by atoms with Crippen LogP contribution < -0.4 is 10.5 Å². The van der Waals surface area contributed by atoms with Crippen molar-refractivity contribution in [2.24, 2.45) is 5.73 Å². The second-order valence-corrected chi connectivity index (χ2v) is 4.70. The van der Waals surface area contributed by atoms with E-state index in [2.05, 4.69) is 26.0 Å². The predicted molar refractivity (Wildman–Crippen MR) is 75.0 cm³/mol. The van der Waals surface area contributed by atoms with Crippen molar-refractivity contribution in [1.82, 2.24) is 0 Å².